The van der Waals surface area contributed by atoms with Crippen molar-refractivity contribution in [2.75, 3.05) is 6.54 Å². The summed E-state index contributed by atoms with van der Waals surface area (Å²) in [5, 5.41) is 6.63. The lowest BCUT2D eigenvalue weighted by atomic mass is 10.4. The predicted molar refractivity (Wildman–Crippen MR) is 68.3 cm³/mol. The van der Waals surface area contributed by atoms with E-state index in [1.807, 2.05) is 0 Å². The lowest BCUT2D eigenvalue weighted by Crippen LogP contribution is -2.34. The first-order chi connectivity index (χ1) is 8.52. The SMILES string of the molecule is C=CCN(C1CC1)S(=O)(=O)c1c(CN)n[nH]c1C. The molecular weight excluding hydrogens is 252 g/mol. The van der Waals surface area contributed by atoms with Gasteiger partial charge in [-0.2, -0.15) is 9.40 Å². The van der Waals surface area contributed by atoms with Gasteiger partial charge in [0.25, 0.3) is 0 Å². The summed E-state index contributed by atoms with van der Waals surface area (Å²) < 4.78 is 26.7. The average molecular weight is 270 g/mol. The van der Waals surface area contributed by atoms with E-state index in [0.29, 0.717) is 17.9 Å². The van der Waals surface area contributed by atoms with Crippen LogP contribution < -0.4 is 5.73 Å². The monoisotopic (exact) mass is 270 g/mol. The molecule has 0 spiro atoms. The Hall–Kier alpha value is -1.18. The zero-order chi connectivity index (χ0) is 13.3. The molecule has 0 radical (unpaired) electrons. The van der Waals surface area contributed by atoms with Gasteiger partial charge >= 0.3 is 0 Å². The highest BCUT2D eigenvalue weighted by Gasteiger charge is 2.39. The topological polar surface area (TPSA) is 92.1 Å². The van der Waals surface area contributed by atoms with Gasteiger partial charge in [-0.3, -0.25) is 5.10 Å². The summed E-state index contributed by atoms with van der Waals surface area (Å²) in [6.07, 6.45) is 3.41. The first kappa shape index (κ1) is 13.3. The third-order valence-electron chi connectivity index (χ3n) is 2.98. The number of H-pyrrole nitrogens is 1. The molecule has 7 heteroatoms. The number of aromatic amines is 1. The fourth-order valence-electron chi connectivity index (χ4n) is 2.00. The summed E-state index contributed by atoms with van der Waals surface area (Å²) in [7, 11) is -3.54. The second-order valence-electron chi connectivity index (χ2n) is 4.42. The molecule has 1 heterocycles. The third-order valence-corrected chi connectivity index (χ3v) is 5.11. The molecule has 1 fully saturated rings. The molecule has 100 valence electrons. The molecule has 0 amide bonds. The van der Waals surface area contributed by atoms with Crippen molar-refractivity contribution >= 4 is 10.0 Å². The molecule has 18 heavy (non-hydrogen) atoms. The van der Waals surface area contributed by atoms with Gasteiger partial charge < -0.3 is 5.73 Å². The molecule has 2 rings (SSSR count). The minimum absolute atomic E-state index is 0.0907. The molecule has 1 aliphatic carbocycles. The van der Waals surface area contributed by atoms with Gasteiger partial charge in [0.2, 0.25) is 10.0 Å². The van der Waals surface area contributed by atoms with Crippen LogP contribution in [0.4, 0.5) is 0 Å². The predicted octanol–water partition coefficient (Wildman–Crippen LogP) is 0.516. The first-order valence-electron chi connectivity index (χ1n) is 5.89. The van der Waals surface area contributed by atoms with Crippen LogP contribution in [0.3, 0.4) is 0 Å². The van der Waals surface area contributed by atoms with E-state index in [-0.39, 0.29) is 17.5 Å². The molecular formula is C11H18N4O2S. The third kappa shape index (κ3) is 2.21. The van der Waals surface area contributed by atoms with Crippen LogP contribution in [-0.4, -0.2) is 35.5 Å². The van der Waals surface area contributed by atoms with Crippen molar-refractivity contribution in [2.24, 2.45) is 5.73 Å². The van der Waals surface area contributed by atoms with Gasteiger partial charge in [-0.05, 0) is 19.8 Å². The van der Waals surface area contributed by atoms with Crippen LogP contribution in [0.5, 0.6) is 0 Å². The molecule has 1 aromatic heterocycles. The standard InChI is InChI=1S/C11H18N4O2S/c1-3-6-15(9-4-5-9)18(16,17)11-8(2)13-14-10(11)7-12/h3,9H,1,4-7,12H2,2H3,(H,13,14). The smallest absolute Gasteiger partial charge is 0.247 e. The van der Waals surface area contributed by atoms with Gasteiger partial charge in [0, 0.05) is 19.1 Å². The highest BCUT2D eigenvalue weighted by molar-refractivity contribution is 7.89. The molecule has 1 aromatic rings. The van der Waals surface area contributed by atoms with E-state index >= 15 is 0 Å². The number of hydrogen-bond donors (Lipinski definition) is 2. The highest BCUT2D eigenvalue weighted by atomic mass is 32.2. The van der Waals surface area contributed by atoms with Crippen LogP contribution in [0.1, 0.15) is 24.2 Å². The van der Waals surface area contributed by atoms with Crippen molar-refractivity contribution in [3.05, 3.63) is 24.0 Å². The maximum Gasteiger partial charge on any atom is 0.247 e. The molecule has 0 aliphatic heterocycles. The molecule has 0 atom stereocenters. The molecule has 1 aliphatic rings. The van der Waals surface area contributed by atoms with E-state index < -0.39 is 10.0 Å². The quantitative estimate of drug-likeness (QED) is 0.737. The lowest BCUT2D eigenvalue weighted by molar-refractivity contribution is 0.435. The zero-order valence-electron chi connectivity index (χ0n) is 10.4. The Bertz CT molecular complexity index is 545. The van der Waals surface area contributed by atoms with E-state index in [2.05, 4.69) is 16.8 Å². The number of aryl methyl sites for hydroxylation is 1. The Morgan fingerprint density at radius 1 is 1.61 bits per heavy atom. The van der Waals surface area contributed by atoms with Crippen molar-refractivity contribution in [3.8, 4) is 0 Å². The fraction of sp³-hybridized carbons (Fsp3) is 0.545. The van der Waals surface area contributed by atoms with Crippen LogP contribution in [0.25, 0.3) is 0 Å². The van der Waals surface area contributed by atoms with E-state index in [4.69, 9.17) is 5.73 Å². The van der Waals surface area contributed by atoms with E-state index in [1.54, 1.807) is 13.0 Å². The Morgan fingerprint density at radius 2 is 2.28 bits per heavy atom. The van der Waals surface area contributed by atoms with Crippen LogP contribution in [0.2, 0.25) is 0 Å². The van der Waals surface area contributed by atoms with Crippen LogP contribution in [-0.2, 0) is 16.6 Å². The number of sulfonamides is 1. The van der Waals surface area contributed by atoms with Crippen molar-refractivity contribution in [3.63, 3.8) is 0 Å². The maximum absolute atomic E-state index is 12.6. The minimum Gasteiger partial charge on any atom is -0.325 e. The molecule has 0 bridgehead atoms. The van der Waals surface area contributed by atoms with E-state index in [0.717, 1.165) is 12.8 Å². The molecule has 6 nitrogen and oxygen atoms in total. The van der Waals surface area contributed by atoms with Gasteiger partial charge in [-0.15, -0.1) is 6.58 Å². The summed E-state index contributed by atoms with van der Waals surface area (Å²) in [5.41, 5.74) is 6.46. The minimum atomic E-state index is -3.54. The normalized spacial score (nSPS) is 16.2. The van der Waals surface area contributed by atoms with E-state index in [1.165, 1.54) is 4.31 Å². The highest BCUT2D eigenvalue weighted by Crippen LogP contribution is 2.33. The number of aromatic nitrogens is 2. The van der Waals surface area contributed by atoms with Crippen LogP contribution >= 0.6 is 0 Å². The Kier molecular flexibility index (Phi) is 3.56. The summed E-state index contributed by atoms with van der Waals surface area (Å²) in [5.74, 6) is 0. The number of nitrogens with one attached hydrogen (secondary N) is 1. The van der Waals surface area contributed by atoms with Crippen molar-refractivity contribution in [2.45, 2.75) is 37.2 Å². The maximum atomic E-state index is 12.6. The molecule has 0 unspecified atom stereocenters. The lowest BCUT2D eigenvalue weighted by Gasteiger charge is -2.20. The van der Waals surface area contributed by atoms with E-state index in [9.17, 15) is 8.42 Å². The van der Waals surface area contributed by atoms with Gasteiger partial charge in [0.1, 0.15) is 4.90 Å². The van der Waals surface area contributed by atoms with Gasteiger partial charge in [-0.1, -0.05) is 6.08 Å². The molecule has 0 aromatic carbocycles. The van der Waals surface area contributed by atoms with Gasteiger partial charge in [-0.25, -0.2) is 8.42 Å². The number of rotatable bonds is 6. The first-order valence-corrected chi connectivity index (χ1v) is 7.33. The summed E-state index contributed by atoms with van der Waals surface area (Å²) in [6.45, 7) is 5.73. The fourth-order valence-corrected chi connectivity index (χ4v) is 4.00. The van der Waals surface area contributed by atoms with Gasteiger partial charge in [0.05, 0.1) is 11.4 Å². The number of nitrogens with zero attached hydrogens (tertiary/aromatic N) is 2. The van der Waals surface area contributed by atoms with Crippen molar-refractivity contribution in [1.82, 2.24) is 14.5 Å². The number of nitrogens with two attached hydrogens (primary N) is 1. The van der Waals surface area contributed by atoms with Crippen LogP contribution in [0, 0.1) is 6.92 Å². The summed E-state index contributed by atoms with van der Waals surface area (Å²) in [6, 6.07) is 0.0907. The summed E-state index contributed by atoms with van der Waals surface area (Å²) >= 11 is 0. The zero-order valence-corrected chi connectivity index (χ0v) is 11.2. The second-order valence-corrected chi connectivity index (χ2v) is 6.25. The van der Waals surface area contributed by atoms with Crippen LogP contribution in [0.15, 0.2) is 17.6 Å². The molecule has 0 saturated heterocycles. The average Bonchev–Trinajstić information content (AvgIpc) is 3.08. The summed E-state index contributed by atoms with van der Waals surface area (Å²) in [4.78, 5) is 0.221. The van der Waals surface area contributed by atoms with Gasteiger partial charge in [0.15, 0.2) is 0 Å². The Morgan fingerprint density at radius 3 is 2.78 bits per heavy atom. The largest absolute Gasteiger partial charge is 0.325 e. The van der Waals surface area contributed by atoms with Crippen molar-refractivity contribution in [1.29, 1.82) is 0 Å². The number of hydrogen-bond acceptors (Lipinski definition) is 4. The molecule has 3 N–H and O–H groups in total. The van der Waals surface area contributed by atoms with Crippen molar-refractivity contribution < 1.29 is 8.42 Å². The Labute approximate surface area is 107 Å². The second kappa shape index (κ2) is 4.83. The molecule has 1 saturated carbocycles. The Balaban J connectivity index is 2.45.